The van der Waals surface area contributed by atoms with Gasteiger partial charge in [-0.3, -0.25) is 4.79 Å². The molecule has 2 atom stereocenters. The summed E-state index contributed by atoms with van der Waals surface area (Å²) >= 11 is 0. The number of hydrogen-bond acceptors (Lipinski definition) is 4. The Labute approximate surface area is 112 Å². The average Bonchev–Trinajstić information content (AvgIpc) is 2.57. The molecule has 0 aromatic carbocycles. The first kappa shape index (κ1) is 15.7. The number of carbonyl (C=O) groups excluding carboxylic acids is 1. The molecule has 110 valence electrons. The van der Waals surface area contributed by atoms with Crippen LogP contribution in [0.25, 0.3) is 0 Å². The zero-order valence-corrected chi connectivity index (χ0v) is 11.9. The lowest BCUT2D eigenvalue weighted by Crippen LogP contribution is -2.49. The highest BCUT2D eigenvalue weighted by atomic mass is 32.2. The van der Waals surface area contributed by atoms with Crippen LogP contribution < -0.4 is 5.32 Å². The Morgan fingerprint density at radius 3 is 2.53 bits per heavy atom. The molecule has 1 heterocycles. The molecule has 19 heavy (non-hydrogen) atoms. The van der Waals surface area contributed by atoms with Gasteiger partial charge in [0, 0.05) is 18.6 Å². The summed E-state index contributed by atoms with van der Waals surface area (Å²) in [6.45, 7) is 3.78. The van der Waals surface area contributed by atoms with E-state index in [9.17, 15) is 18.0 Å². The van der Waals surface area contributed by atoms with Gasteiger partial charge in [-0.05, 0) is 20.3 Å². The van der Waals surface area contributed by atoms with Crippen molar-refractivity contribution >= 4 is 21.8 Å². The standard InChI is InChI=1S/C11H20N2O5S/c1-3-13(8(2)6-10(14)15)11(16)12-9-4-5-19(17,18)7-9/h8-9H,3-7H2,1-2H3,(H,12,16)(H,14,15). The number of nitrogens with one attached hydrogen (secondary N) is 1. The van der Waals surface area contributed by atoms with E-state index in [1.807, 2.05) is 0 Å². The second-order valence-electron chi connectivity index (χ2n) is 4.78. The molecule has 0 spiro atoms. The highest BCUT2D eigenvalue weighted by Gasteiger charge is 2.31. The van der Waals surface area contributed by atoms with Crippen molar-refractivity contribution in [3.63, 3.8) is 0 Å². The summed E-state index contributed by atoms with van der Waals surface area (Å²) in [5.41, 5.74) is 0. The summed E-state index contributed by atoms with van der Waals surface area (Å²) in [6.07, 6.45) is 0.281. The molecular formula is C11H20N2O5S. The van der Waals surface area contributed by atoms with Crippen molar-refractivity contribution < 1.29 is 23.1 Å². The minimum atomic E-state index is -3.04. The lowest BCUT2D eigenvalue weighted by Gasteiger charge is -2.28. The molecule has 2 amide bonds. The van der Waals surface area contributed by atoms with Crippen LogP contribution in [-0.2, 0) is 14.6 Å². The number of nitrogens with zero attached hydrogens (tertiary/aromatic N) is 1. The Balaban J connectivity index is 2.57. The molecule has 2 N–H and O–H groups in total. The van der Waals surface area contributed by atoms with Gasteiger partial charge in [0.05, 0.1) is 17.9 Å². The smallest absolute Gasteiger partial charge is 0.317 e. The number of hydrogen-bond donors (Lipinski definition) is 2. The van der Waals surface area contributed by atoms with Crippen molar-refractivity contribution in [2.75, 3.05) is 18.1 Å². The quantitative estimate of drug-likeness (QED) is 0.746. The first-order chi connectivity index (χ1) is 8.75. The molecule has 7 nitrogen and oxygen atoms in total. The van der Waals surface area contributed by atoms with E-state index in [1.165, 1.54) is 4.90 Å². The van der Waals surface area contributed by atoms with Crippen molar-refractivity contribution in [1.29, 1.82) is 0 Å². The summed E-state index contributed by atoms with van der Waals surface area (Å²) in [5, 5.41) is 11.4. The molecule has 1 fully saturated rings. The van der Waals surface area contributed by atoms with Crippen molar-refractivity contribution in [1.82, 2.24) is 10.2 Å². The van der Waals surface area contributed by atoms with E-state index in [4.69, 9.17) is 5.11 Å². The topological polar surface area (TPSA) is 104 Å². The van der Waals surface area contributed by atoms with Crippen LogP contribution in [0.4, 0.5) is 4.79 Å². The fraction of sp³-hybridized carbons (Fsp3) is 0.818. The van der Waals surface area contributed by atoms with Crippen LogP contribution >= 0.6 is 0 Å². The van der Waals surface area contributed by atoms with Gasteiger partial charge in [-0.25, -0.2) is 13.2 Å². The molecule has 1 rings (SSSR count). The summed E-state index contributed by atoms with van der Waals surface area (Å²) in [6, 6.07) is -1.21. The van der Waals surface area contributed by atoms with Gasteiger partial charge in [-0.2, -0.15) is 0 Å². The second-order valence-corrected chi connectivity index (χ2v) is 7.01. The first-order valence-electron chi connectivity index (χ1n) is 6.24. The largest absolute Gasteiger partial charge is 0.481 e. The number of carbonyl (C=O) groups is 2. The van der Waals surface area contributed by atoms with E-state index < -0.39 is 27.9 Å². The van der Waals surface area contributed by atoms with Gasteiger partial charge in [0.15, 0.2) is 9.84 Å². The maximum absolute atomic E-state index is 12.0. The predicted molar refractivity (Wildman–Crippen MR) is 69.7 cm³/mol. The SMILES string of the molecule is CCN(C(=O)NC1CCS(=O)(=O)C1)C(C)CC(=O)O. The summed E-state index contributed by atoms with van der Waals surface area (Å²) in [4.78, 5) is 24.0. The fourth-order valence-electron chi connectivity index (χ4n) is 2.18. The molecule has 0 aromatic heterocycles. The summed E-state index contributed by atoms with van der Waals surface area (Å²) in [5.74, 6) is -0.916. The molecule has 0 radical (unpaired) electrons. The van der Waals surface area contributed by atoms with E-state index >= 15 is 0 Å². The third-order valence-electron chi connectivity index (χ3n) is 3.16. The van der Waals surface area contributed by atoms with Crippen molar-refractivity contribution in [3.05, 3.63) is 0 Å². The zero-order valence-electron chi connectivity index (χ0n) is 11.1. The van der Waals surface area contributed by atoms with Gasteiger partial charge in [0.25, 0.3) is 0 Å². The highest BCUT2D eigenvalue weighted by molar-refractivity contribution is 7.91. The van der Waals surface area contributed by atoms with Crippen LogP contribution in [0.5, 0.6) is 0 Å². The lowest BCUT2D eigenvalue weighted by atomic mass is 10.2. The summed E-state index contributed by atoms with van der Waals surface area (Å²) in [7, 11) is -3.04. The van der Waals surface area contributed by atoms with Crippen LogP contribution in [0.15, 0.2) is 0 Å². The minimum Gasteiger partial charge on any atom is -0.481 e. The third-order valence-corrected chi connectivity index (χ3v) is 4.93. The maximum atomic E-state index is 12.0. The van der Waals surface area contributed by atoms with Gasteiger partial charge in [-0.15, -0.1) is 0 Å². The van der Waals surface area contributed by atoms with Gasteiger partial charge >= 0.3 is 12.0 Å². The van der Waals surface area contributed by atoms with Crippen LogP contribution in [0, 0.1) is 0 Å². The lowest BCUT2D eigenvalue weighted by molar-refractivity contribution is -0.138. The summed E-state index contributed by atoms with van der Waals surface area (Å²) < 4.78 is 22.6. The van der Waals surface area contributed by atoms with Gasteiger partial charge in [0.2, 0.25) is 0 Å². The predicted octanol–water partition coefficient (Wildman–Crippen LogP) is 0.0682. The number of carboxylic acid groups (broad SMARTS) is 1. The van der Waals surface area contributed by atoms with Crippen LogP contribution in [0.2, 0.25) is 0 Å². The highest BCUT2D eigenvalue weighted by Crippen LogP contribution is 2.12. The van der Waals surface area contributed by atoms with E-state index in [0.29, 0.717) is 13.0 Å². The van der Waals surface area contributed by atoms with E-state index in [0.717, 1.165) is 0 Å². The molecule has 0 aliphatic carbocycles. The molecule has 1 aliphatic rings. The molecule has 2 unspecified atom stereocenters. The molecular weight excluding hydrogens is 272 g/mol. The van der Waals surface area contributed by atoms with Gasteiger partial charge in [-0.1, -0.05) is 0 Å². The van der Waals surface area contributed by atoms with Gasteiger partial charge < -0.3 is 15.3 Å². The maximum Gasteiger partial charge on any atom is 0.317 e. The fourth-order valence-corrected chi connectivity index (χ4v) is 3.86. The number of sulfone groups is 1. The third kappa shape index (κ3) is 4.70. The first-order valence-corrected chi connectivity index (χ1v) is 8.06. The molecule has 0 aromatic rings. The second kappa shape index (κ2) is 6.23. The molecule has 8 heteroatoms. The number of carboxylic acids is 1. The minimum absolute atomic E-state index is 0.0381. The Bertz CT molecular complexity index is 448. The Kier molecular flexibility index (Phi) is 5.16. The molecule has 1 aliphatic heterocycles. The van der Waals surface area contributed by atoms with E-state index in [1.54, 1.807) is 13.8 Å². The molecule has 0 bridgehead atoms. The van der Waals surface area contributed by atoms with Crippen LogP contribution in [-0.4, -0.2) is 60.6 Å². The average molecular weight is 292 g/mol. The number of urea groups is 1. The Morgan fingerprint density at radius 2 is 2.11 bits per heavy atom. The van der Waals surface area contributed by atoms with Crippen molar-refractivity contribution in [3.8, 4) is 0 Å². The Morgan fingerprint density at radius 1 is 1.47 bits per heavy atom. The van der Waals surface area contributed by atoms with Crippen molar-refractivity contribution in [2.24, 2.45) is 0 Å². The van der Waals surface area contributed by atoms with E-state index in [2.05, 4.69) is 5.32 Å². The van der Waals surface area contributed by atoms with Crippen LogP contribution in [0.3, 0.4) is 0 Å². The zero-order chi connectivity index (χ0) is 14.6. The number of amides is 2. The monoisotopic (exact) mass is 292 g/mol. The molecule has 1 saturated heterocycles. The van der Waals surface area contributed by atoms with E-state index in [-0.39, 0.29) is 24.0 Å². The van der Waals surface area contributed by atoms with Crippen molar-refractivity contribution in [2.45, 2.75) is 38.8 Å². The normalized spacial score (nSPS) is 22.7. The van der Waals surface area contributed by atoms with Crippen LogP contribution in [0.1, 0.15) is 26.7 Å². The number of rotatable bonds is 5. The van der Waals surface area contributed by atoms with Gasteiger partial charge in [0.1, 0.15) is 0 Å². The molecule has 0 saturated carbocycles. The number of aliphatic carboxylic acids is 1. The Hall–Kier alpha value is -1.31.